The molecule has 396 valence electrons. The summed E-state index contributed by atoms with van der Waals surface area (Å²) in [5, 5.41) is 14.4. The molecule has 3 nitrogen and oxygen atoms in total. The molecule has 16 rings (SSSR count). The summed E-state index contributed by atoms with van der Waals surface area (Å²) in [4.78, 5) is 0. The van der Waals surface area contributed by atoms with Crippen molar-refractivity contribution in [2.24, 2.45) is 0 Å². The third-order valence-electron chi connectivity index (χ3n) is 21.2. The zero-order valence-electron chi connectivity index (χ0n) is 47.3. The molecule has 10 aromatic rings. The van der Waals surface area contributed by atoms with Crippen molar-refractivity contribution < 1.29 is 12.4 Å². The largest absolute Gasteiger partial charge is 0.385 e. The fraction of sp³-hybridized carbons (Fsp3) is 0.200. The van der Waals surface area contributed by atoms with Crippen LogP contribution in [0.2, 0.25) is 0 Å². The molecule has 0 amide bonds. The zero-order valence-corrected chi connectivity index (χ0v) is 50.3. The van der Waals surface area contributed by atoms with Crippen molar-refractivity contribution >= 4 is 71.4 Å². The average Bonchev–Trinajstić information content (AvgIpc) is 1.79. The number of rotatable bonds is 12. The molecule has 0 saturated carbocycles. The highest BCUT2D eigenvalue weighted by molar-refractivity contribution is 7.09. The first kappa shape index (κ1) is 49.5. The second-order valence-electron chi connectivity index (χ2n) is 25.2. The molecular weight excluding hydrogens is 1030 g/mol. The second kappa shape index (κ2) is 18.4. The maximum atomic E-state index is 2.57. The first-order valence-corrected chi connectivity index (χ1v) is 36.3. The summed E-state index contributed by atoms with van der Waals surface area (Å²) in [5.74, 6) is 0. The monoisotopic (exact) mass is 1100 g/mol. The van der Waals surface area contributed by atoms with Crippen molar-refractivity contribution in [3.8, 4) is 33.4 Å². The molecule has 6 heteroatoms. The van der Waals surface area contributed by atoms with Crippen LogP contribution in [0.1, 0.15) is 73.4 Å². The lowest BCUT2D eigenvalue weighted by molar-refractivity contribution is -0.850. The van der Waals surface area contributed by atoms with Crippen molar-refractivity contribution in [1.82, 2.24) is 0 Å². The van der Waals surface area contributed by atoms with Gasteiger partial charge < -0.3 is 12.4 Å². The van der Waals surface area contributed by atoms with Crippen molar-refractivity contribution in [3.63, 3.8) is 0 Å². The van der Waals surface area contributed by atoms with Crippen LogP contribution in [0.15, 0.2) is 237 Å². The molecule has 0 atom stereocenters. The Bertz CT molecular complexity index is 3560. The quantitative estimate of drug-likeness (QED) is 0.107. The van der Waals surface area contributed by atoms with Crippen LogP contribution in [0.4, 0.5) is 0 Å². The zero-order chi connectivity index (χ0) is 54.2. The number of fused-ring (bicyclic) bond motifs is 15. The maximum absolute atomic E-state index is 2.57. The van der Waals surface area contributed by atoms with Crippen LogP contribution < -0.4 is 46.7 Å². The minimum absolute atomic E-state index is 1.12. The molecule has 0 spiro atoms. The van der Waals surface area contributed by atoms with E-state index in [4.69, 9.17) is 0 Å². The van der Waals surface area contributed by atoms with Gasteiger partial charge in [0.05, 0.1) is 58.9 Å². The Balaban J connectivity index is 0.854. The first-order chi connectivity index (χ1) is 39.8. The molecule has 0 N–H and O–H groups in total. The minimum Gasteiger partial charge on any atom is -0.365 e. The Morgan fingerprint density at radius 1 is 0.247 bits per heavy atom. The van der Waals surface area contributed by atoms with E-state index in [1.54, 1.807) is 80.1 Å². The normalized spacial score (nSPS) is 25.5. The van der Waals surface area contributed by atoms with Crippen LogP contribution in [-0.4, -0.2) is 56.8 Å². The first-order valence-electron chi connectivity index (χ1n) is 30.4. The van der Waals surface area contributed by atoms with Gasteiger partial charge in [-0.15, -0.1) is 0 Å². The van der Waals surface area contributed by atoms with Crippen molar-refractivity contribution in [1.29, 1.82) is 0 Å². The Morgan fingerprint density at radius 2 is 0.444 bits per heavy atom. The SMILES string of the molecule is CCC[N+]12Cc3ccccc3[Si]1(c1ccc(-c3cc(-c4ccc([Si]56c7ccccc7C[N+]5(CCC)Cc5ccccc56)cc4)cc(-c4ccc([Si]56c7ccccc7C[N+]5(CCC)Cc5ccccc56)cc4)c3)cc1)c1ccccc1C2. The molecule has 0 bridgehead atoms. The smallest absolute Gasteiger partial charge is 0.365 e. The molecule has 6 heterocycles. The van der Waals surface area contributed by atoms with Crippen LogP contribution >= 0.6 is 0 Å². The van der Waals surface area contributed by atoms with Crippen molar-refractivity contribution in [2.75, 3.05) is 19.6 Å². The molecule has 0 aromatic heterocycles. The highest BCUT2D eigenvalue weighted by Crippen LogP contribution is 2.44. The van der Waals surface area contributed by atoms with Gasteiger partial charge in [0.1, 0.15) is 0 Å². The Morgan fingerprint density at radius 3 is 0.642 bits per heavy atom. The van der Waals surface area contributed by atoms with E-state index >= 15 is 0 Å². The number of hydrogen-bond acceptors (Lipinski definition) is 0. The molecule has 10 aromatic carbocycles. The highest BCUT2D eigenvalue weighted by Gasteiger charge is 2.71. The molecule has 0 aliphatic carbocycles. The van der Waals surface area contributed by atoms with Gasteiger partial charge in [-0.05, 0) is 70.8 Å². The van der Waals surface area contributed by atoms with Crippen molar-refractivity contribution in [2.45, 2.75) is 79.3 Å². The summed E-state index contributed by atoms with van der Waals surface area (Å²) in [6, 6.07) is 95.0. The summed E-state index contributed by atoms with van der Waals surface area (Å²) in [5.41, 5.74) is 17.0. The molecule has 6 aliphatic rings. The van der Waals surface area contributed by atoms with Gasteiger partial charge in [-0.2, -0.15) is 0 Å². The third-order valence-corrected chi connectivity index (χ3v) is 38.2. The van der Waals surface area contributed by atoms with E-state index in [1.807, 2.05) is 0 Å². The molecule has 0 unspecified atom stereocenters. The van der Waals surface area contributed by atoms with Gasteiger partial charge in [0, 0.05) is 80.1 Å². The van der Waals surface area contributed by atoms with E-state index in [9.17, 15) is 0 Å². The second-order valence-corrected chi connectivity index (χ2v) is 37.2. The van der Waals surface area contributed by atoms with E-state index in [-0.39, 0.29) is 0 Å². The standard InChI is InChI=1S/C75H72N3Si3/c1-4-43-76-49-58-19-7-13-25-70(58)79(76,71-26-14-8-20-59(71)50-76)67-37-31-55(32-38-67)64-46-65(56-33-39-68(40-34-56)80-72-27-15-9-21-60(72)51-77(80,44-5-2)52-61-22-10-16-28-73(61)80)48-66(47-64)57-35-41-69(42-36-57)81-74-29-17-11-23-62(74)53-78(81,45-6-3)54-63-24-12-18-30-75(63)81/h7-42,46-48H,4-6,43-45,49-54H2,1-3H3/q+3. The summed E-state index contributed by atoms with van der Waals surface area (Å²) in [6.07, 6.45) is 3.53. The van der Waals surface area contributed by atoms with Gasteiger partial charge in [0.15, 0.2) is 0 Å². The molecule has 6 aliphatic heterocycles. The Labute approximate surface area is 483 Å². The molecular formula is C75H72N3Si3+3. The predicted molar refractivity (Wildman–Crippen MR) is 344 cm³/mol. The lowest BCUT2D eigenvalue weighted by Gasteiger charge is -2.43. The summed E-state index contributed by atoms with van der Waals surface area (Å²) < 4.78 is 3.52. The van der Waals surface area contributed by atoms with Gasteiger partial charge >= 0.3 is 24.7 Å². The topological polar surface area (TPSA) is 0 Å². The van der Waals surface area contributed by atoms with E-state index in [0.29, 0.717) is 0 Å². The summed E-state index contributed by atoms with van der Waals surface area (Å²) in [6.45, 7) is 17.5. The third kappa shape index (κ3) is 6.55. The fourth-order valence-corrected chi connectivity index (χ4v) is 38.0. The van der Waals surface area contributed by atoms with E-state index in [0.717, 1.165) is 39.3 Å². The molecule has 0 saturated heterocycles. The lowest BCUT2D eigenvalue weighted by Crippen LogP contribution is -2.78. The van der Waals surface area contributed by atoms with Gasteiger partial charge in [0.25, 0.3) is 0 Å². The number of nitrogens with zero attached hydrogens (tertiary/aromatic N) is 3. The summed E-state index contributed by atoms with van der Waals surface area (Å²) in [7, 11) is -7.38. The van der Waals surface area contributed by atoms with Crippen LogP contribution in [-0.2, 0) is 39.3 Å². The van der Waals surface area contributed by atoms with E-state index in [1.165, 1.54) is 84.7 Å². The maximum Gasteiger partial charge on any atom is 0.385 e. The molecule has 0 radical (unpaired) electrons. The minimum atomic E-state index is -2.46. The van der Waals surface area contributed by atoms with Gasteiger partial charge in [-0.1, -0.05) is 239 Å². The van der Waals surface area contributed by atoms with Crippen LogP contribution in [0.5, 0.6) is 0 Å². The van der Waals surface area contributed by atoms with Crippen LogP contribution in [0, 0.1) is 0 Å². The Kier molecular flexibility index (Phi) is 11.2. The van der Waals surface area contributed by atoms with E-state index in [2.05, 4.69) is 257 Å². The van der Waals surface area contributed by atoms with Gasteiger partial charge in [-0.3, -0.25) is 0 Å². The van der Waals surface area contributed by atoms with E-state index < -0.39 is 24.7 Å². The number of benzene rings is 10. The number of quaternary nitrogens is 3. The van der Waals surface area contributed by atoms with Crippen LogP contribution in [0.3, 0.4) is 0 Å². The van der Waals surface area contributed by atoms with Gasteiger partial charge in [-0.25, -0.2) is 0 Å². The lowest BCUT2D eigenvalue weighted by atomic mass is 9.93. The molecule has 0 fully saturated rings. The fourth-order valence-electron chi connectivity index (χ4n) is 18.7. The van der Waals surface area contributed by atoms with Crippen molar-refractivity contribution in [3.05, 3.63) is 270 Å². The molecule has 81 heavy (non-hydrogen) atoms. The summed E-state index contributed by atoms with van der Waals surface area (Å²) >= 11 is 0. The predicted octanol–water partition coefficient (Wildman–Crippen LogP) is 10.4. The van der Waals surface area contributed by atoms with Gasteiger partial charge in [0.2, 0.25) is 0 Å². The Hall–Kier alpha value is -7.27. The van der Waals surface area contributed by atoms with Crippen LogP contribution in [0.25, 0.3) is 33.4 Å². The highest BCUT2D eigenvalue weighted by atomic mass is 28.3. The number of hydrogen-bond donors (Lipinski definition) is 0. The average molecular weight is 1100 g/mol.